The summed E-state index contributed by atoms with van der Waals surface area (Å²) in [5.41, 5.74) is 1.32. The van der Waals surface area contributed by atoms with Crippen LogP contribution in [0.1, 0.15) is 5.56 Å². The average Bonchev–Trinajstić information content (AvgIpc) is 2.90. The summed E-state index contributed by atoms with van der Waals surface area (Å²) in [7, 11) is -1.23. The number of fused-ring (bicyclic) bond motifs is 1. The number of rotatable bonds is 9. The number of benzene rings is 3. The molecule has 0 unspecified atom stereocenters. The van der Waals surface area contributed by atoms with Gasteiger partial charge in [0.15, 0.2) is 23.0 Å². The fourth-order valence-electron chi connectivity index (χ4n) is 3.71. The highest BCUT2D eigenvalue weighted by Gasteiger charge is 2.29. The first-order chi connectivity index (χ1) is 17.3. The van der Waals surface area contributed by atoms with Crippen LogP contribution in [-0.4, -0.2) is 54.3 Å². The Labute approximate surface area is 210 Å². The molecular weight excluding hydrogens is 484 g/mol. The molecule has 1 aliphatic heterocycles. The van der Waals surface area contributed by atoms with E-state index < -0.39 is 28.6 Å². The number of para-hydroxylation sites is 2. The number of anilines is 1. The molecular formula is C26H28N2O7S. The Hall–Kier alpha value is -3.92. The number of methoxy groups -OCH3 is 2. The lowest BCUT2D eigenvalue weighted by atomic mass is 10.2. The van der Waals surface area contributed by atoms with E-state index in [1.165, 1.54) is 32.4 Å². The monoisotopic (exact) mass is 512 g/mol. The van der Waals surface area contributed by atoms with Gasteiger partial charge in [0.25, 0.3) is 10.0 Å². The van der Waals surface area contributed by atoms with Crippen LogP contribution in [-0.2, 0) is 14.8 Å². The maximum Gasteiger partial charge on any atom is 0.264 e. The minimum absolute atomic E-state index is 0.0332. The third-order valence-electron chi connectivity index (χ3n) is 5.65. The summed E-state index contributed by atoms with van der Waals surface area (Å²) in [5.74, 6) is 1.42. The van der Waals surface area contributed by atoms with Gasteiger partial charge in [-0.05, 0) is 43.3 Å². The normalized spacial score (nSPS) is 14.6. The zero-order valence-electron chi connectivity index (χ0n) is 20.3. The summed E-state index contributed by atoms with van der Waals surface area (Å²) in [6, 6.07) is 18.5. The molecule has 1 heterocycles. The summed E-state index contributed by atoms with van der Waals surface area (Å²) in [4.78, 5) is 12.9. The Morgan fingerprint density at radius 2 is 1.69 bits per heavy atom. The topological polar surface area (TPSA) is 103 Å². The minimum atomic E-state index is -4.12. The molecule has 1 N–H and O–H groups in total. The summed E-state index contributed by atoms with van der Waals surface area (Å²) in [5, 5.41) is 2.76. The Bertz CT molecular complexity index is 1330. The first kappa shape index (κ1) is 25.2. The fourth-order valence-corrected chi connectivity index (χ4v) is 5.14. The van der Waals surface area contributed by atoms with Crippen LogP contribution in [0.25, 0.3) is 0 Å². The van der Waals surface area contributed by atoms with Crippen molar-refractivity contribution in [1.29, 1.82) is 0 Å². The molecule has 1 atom stereocenters. The molecule has 0 bridgehead atoms. The molecule has 0 spiro atoms. The molecule has 3 aromatic rings. The number of hydrogen-bond donors (Lipinski definition) is 1. The quantitative estimate of drug-likeness (QED) is 0.470. The van der Waals surface area contributed by atoms with Gasteiger partial charge in [-0.1, -0.05) is 29.8 Å². The molecule has 1 amide bonds. The van der Waals surface area contributed by atoms with Crippen LogP contribution in [0.2, 0.25) is 0 Å². The van der Waals surface area contributed by atoms with Crippen LogP contribution in [0, 0.1) is 6.92 Å². The van der Waals surface area contributed by atoms with Crippen molar-refractivity contribution in [2.45, 2.75) is 17.9 Å². The fraction of sp³-hybridized carbons (Fsp3) is 0.269. The van der Waals surface area contributed by atoms with Gasteiger partial charge in [0.2, 0.25) is 5.91 Å². The van der Waals surface area contributed by atoms with Crippen LogP contribution in [0.15, 0.2) is 71.6 Å². The molecule has 0 aliphatic carbocycles. The van der Waals surface area contributed by atoms with Crippen LogP contribution < -0.4 is 28.6 Å². The number of nitrogens with one attached hydrogen (secondary N) is 1. The van der Waals surface area contributed by atoms with E-state index in [0.717, 1.165) is 9.87 Å². The molecule has 9 nitrogen and oxygen atoms in total. The van der Waals surface area contributed by atoms with Crippen LogP contribution >= 0.6 is 0 Å². The second kappa shape index (κ2) is 10.8. The summed E-state index contributed by atoms with van der Waals surface area (Å²) in [6.07, 6.45) is -0.404. The second-order valence-electron chi connectivity index (χ2n) is 8.17. The first-order valence-corrected chi connectivity index (χ1v) is 12.7. The number of carbonyl (C=O) groups excluding carboxylic acids is 1. The van der Waals surface area contributed by atoms with Crippen LogP contribution in [0.5, 0.6) is 23.0 Å². The number of amides is 1. The standard InChI is InChI=1S/C26H28N2O7S/c1-18-8-10-19(11-9-18)28(36(30,31)21-12-13-22(32-2)25(14-21)33-3)16-26(29)27-15-20-17-34-23-6-4-5-7-24(23)35-20/h4-14,20H,15-17H2,1-3H3,(H,27,29)/t20-/m0/s1. The lowest BCUT2D eigenvalue weighted by molar-refractivity contribution is -0.120. The van der Waals surface area contributed by atoms with Crippen LogP contribution in [0.3, 0.4) is 0 Å². The van der Waals surface area contributed by atoms with Gasteiger partial charge in [-0.25, -0.2) is 8.42 Å². The van der Waals surface area contributed by atoms with Gasteiger partial charge < -0.3 is 24.3 Å². The van der Waals surface area contributed by atoms with Crippen molar-refractivity contribution in [2.24, 2.45) is 0 Å². The van der Waals surface area contributed by atoms with E-state index in [-0.39, 0.29) is 23.8 Å². The molecule has 1 aliphatic rings. The summed E-state index contributed by atoms with van der Waals surface area (Å²) >= 11 is 0. The van der Waals surface area contributed by atoms with E-state index in [2.05, 4.69) is 5.32 Å². The van der Waals surface area contributed by atoms with Gasteiger partial charge in [-0.2, -0.15) is 0 Å². The van der Waals surface area contributed by atoms with Gasteiger partial charge in [0.1, 0.15) is 19.3 Å². The Balaban J connectivity index is 1.53. The SMILES string of the molecule is COc1ccc(S(=O)(=O)N(CC(=O)NC[C@H]2COc3ccccc3O2)c2ccc(C)cc2)cc1OC. The molecule has 3 aromatic carbocycles. The van der Waals surface area contributed by atoms with Gasteiger partial charge in [0.05, 0.1) is 31.3 Å². The van der Waals surface area contributed by atoms with Gasteiger partial charge in [0, 0.05) is 6.07 Å². The Morgan fingerprint density at radius 1 is 1.00 bits per heavy atom. The highest BCUT2D eigenvalue weighted by molar-refractivity contribution is 7.92. The second-order valence-corrected chi connectivity index (χ2v) is 10.0. The van der Waals surface area contributed by atoms with Crippen molar-refractivity contribution >= 4 is 21.6 Å². The highest BCUT2D eigenvalue weighted by Crippen LogP contribution is 2.33. The van der Waals surface area contributed by atoms with Gasteiger partial charge in [-0.15, -0.1) is 0 Å². The number of carbonyl (C=O) groups is 1. The third kappa shape index (κ3) is 5.49. The van der Waals surface area contributed by atoms with Crippen molar-refractivity contribution < 1.29 is 32.2 Å². The zero-order chi connectivity index (χ0) is 25.7. The number of sulfonamides is 1. The maximum atomic E-state index is 13.7. The smallest absolute Gasteiger partial charge is 0.264 e. The first-order valence-electron chi connectivity index (χ1n) is 11.3. The lowest BCUT2D eigenvalue weighted by Gasteiger charge is -2.27. The number of nitrogens with zero attached hydrogens (tertiary/aromatic N) is 1. The van der Waals surface area contributed by atoms with Crippen LogP contribution in [0.4, 0.5) is 5.69 Å². The number of hydrogen-bond acceptors (Lipinski definition) is 7. The molecule has 0 radical (unpaired) electrons. The van der Waals surface area contributed by atoms with Gasteiger partial charge in [-0.3, -0.25) is 9.10 Å². The van der Waals surface area contributed by atoms with E-state index in [1.54, 1.807) is 30.3 Å². The van der Waals surface area contributed by atoms with E-state index in [1.807, 2.05) is 25.1 Å². The van der Waals surface area contributed by atoms with E-state index in [9.17, 15) is 13.2 Å². The van der Waals surface area contributed by atoms with Crippen molar-refractivity contribution in [3.8, 4) is 23.0 Å². The Kier molecular flexibility index (Phi) is 7.54. The van der Waals surface area contributed by atoms with E-state index in [0.29, 0.717) is 22.9 Å². The molecule has 0 fully saturated rings. The maximum absolute atomic E-state index is 13.7. The summed E-state index contributed by atoms with van der Waals surface area (Å²) < 4.78 is 50.4. The molecule has 4 rings (SSSR count). The largest absolute Gasteiger partial charge is 0.493 e. The zero-order valence-corrected chi connectivity index (χ0v) is 21.1. The molecule has 10 heteroatoms. The van der Waals surface area contributed by atoms with Crippen molar-refractivity contribution in [3.05, 3.63) is 72.3 Å². The minimum Gasteiger partial charge on any atom is -0.493 e. The average molecular weight is 513 g/mol. The highest BCUT2D eigenvalue weighted by atomic mass is 32.2. The molecule has 0 saturated carbocycles. The molecule has 190 valence electrons. The van der Waals surface area contributed by atoms with Crippen molar-refractivity contribution in [1.82, 2.24) is 5.32 Å². The van der Waals surface area contributed by atoms with Gasteiger partial charge >= 0.3 is 0 Å². The predicted octanol–water partition coefficient (Wildman–Crippen LogP) is 3.16. The third-order valence-corrected chi connectivity index (χ3v) is 7.42. The Morgan fingerprint density at radius 3 is 2.39 bits per heavy atom. The van der Waals surface area contributed by atoms with Crippen molar-refractivity contribution in [3.63, 3.8) is 0 Å². The summed E-state index contributed by atoms with van der Waals surface area (Å²) in [6.45, 7) is 1.90. The van der Waals surface area contributed by atoms with E-state index >= 15 is 0 Å². The predicted molar refractivity (Wildman–Crippen MR) is 135 cm³/mol. The molecule has 36 heavy (non-hydrogen) atoms. The van der Waals surface area contributed by atoms with Crippen molar-refractivity contribution in [2.75, 3.05) is 38.2 Å². The number of ether oxygens (including phenoxy) is 4. The molecule has 0 aromatic heterocycles. The number of aryl methyl sites for hydroxylation is 1. The molecule has 0 saturated heterocycles. The van der Waals surface area contributed by atoms with E-state index in [4.69, 9.17) is 18.9 Å². The lowest BCUT2D eigenvalue weighted by Crippen LogP contribution is -2.45.